The Balaban J connectivity index is 1.10. The van der Waals surface area contributed by atoms with Gasteiger partial charge in [0.15, 0.2) is 0 Å². The summed E-state index contributed by atoms with van der Waals surface area (Å²) in [5.41, 5.74) is 14.2. The van der Waals surface area contributed by atoms with Gasteiger partial charge in [0.2, 0.25) is 0 Å². The van der Waals surface area contributed by atoms with Crippen LogP contribution in [0.25, 0.3) is 88.0 Å². The number of furan rings is 1. The van der Waals surface area contributed by atoms with Gasteiger partial charge in [0, 0.05) is 22.3 Å². The zero-order valence-electron chi connectivity index (χ0n) is 31.7. The first-order valence-corrected chi connectivity index (χ1v) is 19.8. The molecule has 0 N–H and O–H groups in total. The molecule has 0 bridgehead atoms. The predicted octanol–water partition coefficient (Wildman–Crippen LogP) is 16.0. The first kappa shape index (κ1) is 33.6. The minimum absolute atomic E-state index is 0.866. The van der Waals surface area contributed by atoms with Crippen molar-refractivity contribution in [3.05, 3.63) is 224 Å². The number of hydrogen-bond acceptors (Lipinski definition) is 2. The van der Waals surface area contributed by atoms with Crippen LogP contribution >= 0.6 is 0 Å². The maximum absolute atomic E-state index is 6.88. The second-order valence-electron chi connectivity index (χ2n) is 14.9. The molecule has 0 radical (unpaired) electrons. The molecule has 0 aliphatic rings. The molecule has 2 heteroatoms. The Kier molecular flexibility index (Phi) is 8.19. The Morgan fingerprint density at radius 1 is 0.310 bits per heavy atom. The van der Waals surface area contributed by atoms with E-state index >= 15 is 0 Å². The van der Waals surface area contributed by atoms with E-state index in [9.17, 15) is 0 Å². The fourth-order valence-corrected chi connectivity index (χ4v) is 8.58. The van der Waals surface area contributed by atoms with E-state index in [0.717, 1.165) is 55.7 Å². The van der Waals surface area contributed by atoms with Crippen LogP contribution in [0, 0.1) is 0 Å². The lowest BCUT2D eigenvalue weighted by atomic mass is 9.95. The molecule has 0 atom stereocenters. The Bertz CT molecular complexity index is 3260. The van der Waals surface area contributed by atoms with E-state index in [4.69, 9.17) is 4.42 Å². The summed E-state index contributed by atoms with van der Waals surface area (Å²) in [4.78, 5) is 2.39. The maximum atomic E-state index is 6.88. The molecule has 58 heavy (non-hydrogen) atoms. The molecule has 0 saturated carbocycles. The number of hydrogen-bond donors (Lipinski definition) is 0. The van der Waals surface area contributed by atoms with Gasteiger partial charge in [0.05, 0.1) is 11.1 Å². The second kappa shape index (κ2) is 14.1. The smallest absolute Gasteiger partial charge is 0.145 e. The van der Waals surface area contributed by atoms with Crippen molar-refractivity contribution in [3.63, 3.8) is 0 Å². The molecule has 10 aromatic carbocycles. The van der Waals surface area contributed by atoms with Crippen molar-refractivity contribution >= 4 is 60.5 Å². The van der Waals surface area contributed by atoms with Crippen molar-refractivity contribution in [1.29, 1.82) is 0 Å². The third-order valence-corrected chi connectivity index (χ3v) is 11.5. The summed E-state index contributed by atoms with van der Waals surface area (Å²) in [6, 6.07) is 80.6. The quantitative estimate of drug-likeness (QED) is 0.162. The molecule has 272 valence electrons. The van der Waals surface area contributed by atoms with Gasteiger partial charge in [-0.3, -0.25) is 0 Å². The highest BCUT2D eigenvalue weighted by atomic mass is 16.3. The zero-order chi connectivity index (χ0) is 38.4. The number of benzene rings is 10. The average Bonchev–Trinajstić information content (AvgIpc) is 3.70. The van der Waals surface area contributed by atoms with Crippen molar-refractivity contribution in [2.45, 2.75) is 0 Å². The third-order valence-electron chi connectivity index (χ3n) is 11.5. The number of rotatable bonds is 7. The maximum Gasteiger partial charge on any atom is 0.145 e. The van der Waals surface area contributed by atoms with Crippen LogP contribution in [0.2, 0.25) is 0 Å². The highest BCUT2D eigenvalue weighted by molar-refractivity contribution is 6.18. The largest absolute Gasteiger partial charge is 0.455 e. The van der Waals surface area contributed by atoms with Gasteiger partial charge in [-0.05, 0) is 109 Å². The first-order chi connectivity index (χ1) is 28.7. The molecular formula is C56H37NO. The molecule has 0 fully saturated rings. The number of para-hydroxylation sites is 1. The molecular weight excluding hydrogens is 703 g/mol. The highest BCUT2D eigenvalue weighted by Crippen LogP contribution is 2.47. The minimum Gasteiger partial charge on any atom is -0.455 e. The summed E-state index contributed by atoms with van der Waals surface area (Å²) in [6.07, 6.45) is 0. The van der Waals surface area contributed by atoms with Crippen molar-refractivity contribution < 1.29 is 4.42 Å². The Labute approximate surface area is 337 Å². The van der Waals surface area contributed by atoms with E-state index in [-0.39, 0.29) is 0 Å². The van der Waals surface area contributed by atoms with Crippen molar-refractivity contribution in [3.8, 4) is 44.5 Å². The summed E-state index contributed by atoms with van der Waals surface area (Å²) in [5, 5.41) is 7.05. The SMILES string of the molecule is c1ccc(-c2ccc(-c3cccc(N(c4ccc(-c5ccc6ccccc6c5)cc4)c4ccc(-c5cccc6ccccc56)c5oc6ccccc6c45)c3)cc2)cc1. The van der Waals surface area contributed by atoms with E-state index in [1.165, 1.54) is 49.4 Å². The van der Waals surface area contributed by atoms with Crippen LogP contribution in [0.1, 0.15) is 0 Å². The van der Waals surface area contributed by atoms with Crippen LogP contribution in [-0.2, 0) is 0 Å². The lowest BCUT2D eigenvalue weighted by Gasteiger charge is -2.27. The van der Waals surface area contributed by atoms with Crippen LogP contribution in [0.5, 0.6) is 0 Å². The standard InChI is InChI=1S/C56H37NO/c1-2-12-38(13-3-1)40-24-26-41(27-25-40)45-18-10-19-48(37-45)57(47-32-30-42(31-33-47)46-29-28-39-14-4-5-16-44(39)36-46)53-35-34-51(50-22-11-17-43-15-6-7-20-49(43)50)56-55(53)52-21-8-9-23-54(52)58-56/h1-37H. The Morgan fingerprint density at radius 2 is 0.879 bits per heavy atom. The summed E-state index contributed by atoms with van der Waals surface area (Å²) in [7, 11) is 0. The average molecular weight is 740 g/mol. The van der Waals surface area contributed by atoms with Gasteiger partial charge < -0.3 is 9.32 Å². The van der Waals surface area contributed by atoms with Crippen molar-refractivity contribution in [2.24, 2.45) is 0 Å². The molecule has 0 spiro atoms. The number of fused-ring (bicyclic) bond motifs is 5. The molecule has 11 aromatic rings. The lowest BCUT2D eigenvalue weighted by Crippen LogP contribution is -2.10. The fraction of sp³-hybridized carbons (Fsp3) is 0. The zero-order valence-corrected chi connectivity index (χ0v) is 31.7. The topological polar surface area (TPSA) is 16.4 Å². The molecule has 11 rings (SSSR count). The van der Waals surface area contributed by atoms with E-state index in [2.05, 4.69) is 229 Å². The first-order valence-electron chi connectivity index (χ1n) is 19.8. The van der Waals surface area contributed by atoms with E-state index in [1.54, 1.807) is 0 Å². The normalized spacial score (nSPS) is 11.4. The molecule has 0 amide bonds. The molecule has 0 unspecified atom stereocenters. The predicted molar refractivity (Wildman–Crippen MR) is 245 cm³/mol. The van der Waals surface area contributed by atoms with E-state index < -0.39 is 0 Å². The highest BCUT2D eigenvalue weighted by Gasteiger charge is 2.23. The van der Waals surface area contributed by atoms with Crippen LogP contribution < -0.4 is 4.90 Å². The molecule has 1 heterocycles. The van der Waals surface area contributed by atoms with Crippen molar-refractivity contribution in [1.82, 2.24) is 0 Å². The van der Waals surface area contributed by atoms with Gasteiger partial charge in [-0.25, -0.2) is 0 Å². The molecule has 1 aromatic heterocycles. The van der Waals surface area contributed by atoms with Crippen LogP contribution in [0.15, 0.2) is 229 Å². The van der Waals surface area contributed by atoms with Gasteiger partial charge in [-0.15, -0.1) is 0 Å². The van der Waals surface area contributed by atoms with Gasteiger partial charge in [-0.1, -0.05) is 176 Å². The van der Waals surface area contributed by atoms with Crippen molar-refractivity contribution in [2.75, 3.05) is 4.90 Å². The summed E-state index contributed by atoms with van der Waals surface area (Å²) in [6.45, 7) is 0. The number of nitrogens with zero attached hydrogens (tertiary/aromatic N) is 1. The van der Waals surface area contributed by atoms with Crippen LogP contribution in [0.4, 0.5) is 17.1 Å². The molecule has 0 saturated heterocycles. The molecule has 0 aliphatic heterocycles. The molecule has 2 nitrogen and oxygen atoms in total. The van der Waals surface area contributed by atoms with Crippen LogP contribution in [0.3, 0.4) is 0 Å². The second-order valence-corrected chi connectivity index (χ2v) is 14.9. The Morgan fingerprint density at radius 3 is 1.69 bits per heavy atom. The number of anilines is 3. The van der Waals surface area contributed by atoms with Gasteiger partial charge in [-0.2, -0.15) is 0 Å². The Hall–Kier alpha value is -7.68. The van der Waals surface area contributed by atoms with Gasteiger partial charge in [0.25, 0.3) is 0 Å². The monoisotopic (exact) mass is 739 g/mol. The summed E-state index contributed by atoms with van der Waals surface area (Å²) < 4.78 is 6.88. The van der Waals surface area contributed by atoms with Crippen LogP contribution in [-0.4, -0.2) is 0 Å². The van der Waals surface area contributed by atoms with Gasteiger partial charge in [0.1, 0.15) is 11.2 Å². The summed E-state index contributed by atoms with van der Waals surface area (Å²) >= 11 is 0. The van der Waals surface area contributed by atoms with E-state index in [1.807, 2.05) is 0 Å². The molecule has 0 aliphatic carbocycles. The fourth-order valence-electron chi connectivity index (χ4n) is 8.58. The lowest BCUT2D eigenvalue weighted by molar-refractivity contribution is 0.670. The van der Waals surface area contributed by atoms with Gasteiger partial charge >= 0.3 is 0 Å². The minimum atomic E-state index is 0.866. The third kappa shape index (κ3) is 5.91. The van der Waals surface area contributed by atoms with E-state index in [0.29, 0.717) is 0 Å². The summed E-state index contributed by atoms with van der Waals surface area (Å²) in [5.74, 6) is 0.